The summed E-state index contributed by atoms with van der Waals surface area (Å²) in [5, 5.41) is 4.00. The fraction of sp³-hybridized carbons (Fsp3) is 0.357. The Kier molecular flexibility index (Phi) is 5.30. The summed E-state index contributed by atoms with van der Waals surface area (Å²) in [6, 6.07) is 6.26. The molecule has 0 bridgehead atoms. The van der Waals surface area contributed by atoms with Crippen LogP contribution in [0.15, 0.2) is 40.3 Å². The molecule has 0 atom stereocenters. The summed E-state index contributed by atoms with van der Waals surface area (Å²) >= 11 is 1.56. The molecule has 1 N–H and O–H groups in total. The van der Waals surface area contributed by atoms with E-state index in [-0.39, 0.29) is 0 Å². The number of hydrogen-bond donors (Lipinski definition) is 1. The fourth-order valence-electron chi connectivity index (χ4n) is 1.75. The van der Waals surface area contributed by atoms with Gasteiger partial charge in [-0.3, -0.25) is 0 Å². The third-order valence-electron chi connectivity index (χ3n) is 2.68. The third-order valence-corrected chi connectivity index (χ3v) is 3.59. The molecular formula is C14H18N2O2S. The van der Waals surface area contributed by atoms with Crippen LogP contribution in [0.4, 0.5) is 0 Å². The van der Waals surface area contributed by atoms with Crippen LogP contribution in [0.5, 0.6) is 5.75 Å². The van der Waals surface area contributed by atoms with Gasteiger partial charge in [-0.05, 0) is 24.2 Å². The van der Waals surface area contributed by atoms with Crippen LogP contribution in [0.3, 0.4) is 0 Å². The zero-order valence-electron chi connectivity index (χ0n) is 11.2. The molecule has 2 aromatic rings. The largest absolute Gasteiger partial charge is 0.496 e. The number of benzene rings is 1. The lowest BCUT2D eigenvalue weighted by Gasteiger charge is -2.10. The molecule has 0 aliphatic rings. The summed E-state index contributed by atoms with van der Waals surface area (Å²) in [5.74, 6) is 1.68. The first-order chi connectivity index (χ1) is 9.33. The van der Waals surface area contributed by atoms with Gasteiger partial charge < -0.3 is 14.5 Å². The maximum atomic E-state index is 5.39. The van der Waals surface area contributed by atoms with Gasteiger partial charge in [0.2, 0.25) is 0 Å². The molecule has 0 radical (unpaired) electrons. The molecule has 1 heterocycles. The molecule has 1 aromatic heterocycles. The molecule has 2 rings (SSSR count). The molecule has 0 aliphatic heterocycles. The van der Waals surface area contributed by atoms with Gasteiger partial charge in [-0.15, -0.1) is 0 Å². The van der Waals surface area contributed by atoms with E-state index in [0.717, 1.165) is 30.2 Å². The average Bonchev–Trinajstić information content (AvgIpc) is 2.96. The van der Waals surface area contributed by atoms with Crippen molar-refractivity contribution in [1.82, 2.24) is 10.3 Å². The van der Waals surface area contributed by atoms with Crippen LogP contribution in [0.25, 0.3) is 0 Å². The number of hydrogen-bond acceptors (Lipinski definition) is 5. The number of nitrogens with zero attached hydrogens (tertiary/aromatic N) is 1. The lowest BCUT2D eigenvalue weighted by atomic mass is 10.1. The monoisotopic (exact) mass is 278 g/mol. The van der Waals surface area contributed by atoms with E-state index in [1.165, 1.54) is 5.56 Å². The summed E-state index contributed by atoms with van der Waals surface area (Å²) in [7, 11) is 1.69. The van der Waals surface area contributed by atoms with Crippen molar-refractivity contribution in [2.75, 3.05) is 13.7 Å². The second-order valence-corrected chi connectivity index (χ2v) is 4.94. The van der Waals surface area contributed by atoms with Gasteiger partial charge in [0.05, 0.1) is 13.3 Å². The first kappa shape index (κ1) is 14.0. The standard InChI is InChI=1S/C14H18N2O2S/c1-3-15-9-11-4-5-13(17-2)12(8-11)10-19-14-16-6-7-18-14/h4-8,15H,3,9-10H2,1-2H3. The Morgan fingerprint density at radius 3 is 3.00 bits per heavy atom. The lowest BCUT2D eigenvalue weighted by Crippen LogP contribution is -2.11. The Morgan fingerprint density at radius 1 is 1.42 bits per heavy atom. The molecule has 0 fully saturated rings. The molecule has 0 spiro atoms. The molecule has 1 aromatic carbocycles. The first-order valence-electron chi connectivity index (χ1n) is 6.22. The molecule has 4 nitrogen and oxygen atoms in total. The molecule has 0 unspecified atom stereocenters. The van der Waals surface area contributed by atoms with E-state index in [0.29, 0.717) is 5.22 Å². The van der Waals surface area contributed by atoms with Crippen LogP contribution < -0.4 is 10.1 Å². The SMILES string of the molecule is CCNCc1ccc(OC)c(CSc2ncco2)c1. The Balaban J connectivity index is 2.07. The van der Waals surface area contributed by atoms with E-state index < -0.39 is 0 Å². The normalized spacial score (nSPS) is 10.6. The van der Waals surface area contributed by atoms with Gasteiger partial charge in [0.25, 0.3) is 5.22 Å². The smallest absolute Gasteiger partial charge is 0.255 e. The minimum Gasteiger partial charge on any atom is -0.496 e. The second kappa shape index (κ2) is 7.21. The fourth-order valence-corrected chi connectivity index (χ4v) is 2.51. The van der Waals surface area contributed by atoms with E-state index in [1.54, 1.807) is 31.3 Å². The maximum absolute atomic E-state index is 5.39. The van der Waals surface area contributed by atoms with Crippen LogP contribution >= 0.6 is 11.8 Å². The van der Waals surface area contributed by atoms with E-state index in [2.05, 4.69) is 29.4 Å². The molecule has 0 saturated heterocycles. The van der Waals surface area contributed by atoms with E-state index in [9.17, 15) is 0 Å². The highest BCUT2D eigenvalue weighted by Crippen LogP contribution is 2.27. The zero-order chi connectivity index (χ0) is 13.5. The average molecular weight is 278 g/mol. The van der Waals surface area contributed by atoms with Crippen LogP contribution in [0, 0.1) is 0 Å². The van der Waals surface area contributed by atoms with Gasteiger partial charge in [-0.25, -0.2) is 4.98 Å². The minimum absolute atomic E-state index is 0.680. The predicted octanol–water partition coefficient (Wildman–Crippen LogP) is 3.09. The van der Waals surface area contributed by atoms with Crippen molar-refractivity contribution in [3.63, 3.8) is 0 Å². The second-order valence-electron chi connectivity index (χ2n) is 4.01. The molecular weight excluding hydrogens is 260 g/mol. The van der Waals surface area contributed by atoms with Gasteiger partial charge in [0.1, 0.15) is 12.0 Å². The Hall–Kier alpha value is -1.46. The van der Waals surface area contributed by atoms with Crippen LogP contribution in [0.2, 0.25) is 0 Å². The van der Waals surface area contributed by atoms with Crippen molar-refractivity contribution < 1.29 is 9.15 Å². The van der Waals surface area contributed by atoms with Gasteiger partial charge in [-0.1, -0.05) is 24.8 Å². The van der Waals surface area contributed by atoms with Crippen molar-refractivity contribution >= 4 is 11.8 Å². The van der Waals surface area contributed by atoms with Gasteiger partial charge in [0, 0.05) is 17.9 Å². The van der Waals surface area contributed by atoms with E-state index >= 15 is 0 Å². The van der Waals surface area contributed by atoms with Crippen molar-refractivity contribution in [2.45, 2.75) is 24.4 Å². The summed E-state index contributed by atoms with van der Waals surface area (Å²) in [6.07, 6.45) is 3.24. The molecule has 5 heteroatoms. The van der Waals surface area contributed by atoms with Gasteiger partial charge in [-0.2, -0.15) is 0 Å². The van der Waals surface area contributed by atoms with Crippen LogP contribution in [-0.2, 0) is 12.3 Å². The third kappa shape index (κ3) is 4.01. The number of oxazole rings is 1. The summed E-state index contributed by atoms with van der Waals surface area (Å²) in [5.41, 5.74) is 2.41. The highest BCUT2D eigenvalue weighted by molar-refractivity contribution is 7.98. The topological polar surface area (TPSA) is 47.3 Å². The number of aromatic nitrogens is 1. The first-order valence-corrected chi connectivity index (χ1v) is 7.21. The van der Waals surface area contributed by atoms with Crippen molar-refractivity contribution in [3.05, 3.63) is 41.8 Å². The van der Waals surface area contributed by atoms with Gasteiger partial charge >= 0.3 is 0 Å². The Labute approximate surface area is 117 Å². The molecule has 0 amide bonds. The number of rotatable bonds is 7. The molecule has 102 valence electrons. The van der Waals surface area contributed by atoms with Crippen LogP contribution in [0.1, 0.15) is 18.1 Å². The molecule has 0 aliphatic carbocycles. The number of nitrogens with one attached hydrogen (secondary N) is 1. The number of ether oxygens (including phenoxy) is 1. The maximum Gasteiger partial charge on any atom is 0.255 e. The summed E-state index contributed by atoms with van der Waals surface area (Å²) < 4.78 is 10.6. The molecule has 19 heavy (non-hydrogen) atoms. The van der Waals surface area contributed by atoms with Crippen molar-refractivity contribution in [1.29, 1.82) is 0 Å². The van der Waals surface area contributed by atoms with E-state index in [1.807, 2.05) is 6.07 Å². The van der Waals surface area contributed by atoms with Crippen molar-refractivity contribution in [3.8, 4) is 5.75 Å². The highest BCUT2D eigenvalue weighted by atomic mass is 32.2. The summed E-state index contributed by atoms with van der Waals surface area (Å²) in [4.78, 5) is 4.10. The predicted molar refractivity (Wildman–Crippen MR) is 76.4 cm³/mol. The Morgan fingerprint density at radius 2 is 2.32 bits per heavy atom. The quantitative estimate of drug-likeness (QED) is 0.789. The highest BCUT2D eigenvalue weighted by Gasteiger charge is 2.07. The Bertz CT molecular complexity index is 500. The van der Waals surface area contributed by atoms with E-state index in [4.69, 9.17) is 9.15 Å². The minimum atomic E-state index is 0.680. The van der Waals surface area contributed by atoms with Crippen molar-refractivity contribution in [2.24, 2.45) is 0 Å². The number of thioether (sulfide) groups is 1. The van der Waals surface area contributed by atoms with Gasteiger partial charge in [0.15, 0.2) is 0 Å². The van der Waals surface area contributed by atoms with Crippen LogP contribution in [-0.4, -0.2) is 18.6 Å². The molecule has 0 saturated carbocycles. The zero-order valence-corrected chi connectivity index (χ0v) is 12.0. The number of methoxy groups -OCH3 is 1. The summed E-state index contributed by atoms with van der Waals surface area (Å²) in [6.45, 7) is 3.94. The lowest BCUT2D eigenvalue weighted by molar-refractivity contribution is 0.411.